The summed E-state index contributed by atoms with van der Waals surface area (Å²) in [4.78, 5) is 22.7. The fraction of sp³-hybridized carbons (Fsp3) is 0.136. The number of anilines is 2. The number of hydrogen-bond donors (Lipinski definition) is 2. The number of nitrogens with zero attached hydrogens (tertiary/aromatic N) is 1. The number of carbonyl (C=O) groups is 1. The van der Waals surface area contributed by atoms with Gasteiger partial charge in [-0.2, -0.15) is 0 Å². The van der Waals surface area contributed by atoms with Crippen molar-refractivity contribution in [3.05, 3.63) is 82.4 Å². The van der Waals surface area contributed by atoms with Gasteiger partial charge in [0.2, 0.25) is 0 Å². The van der Waals surface area contributed by atoms with Gasteiger partial charge in [-0.15, -0.1) is 0 Å². The molecule has 0 unspecified atom stereocenters. The zero-order chi connectivity index (χ0) is 24.0. The molecule has 2 N–H and O–H groups in total. The number of methoxy groups -OCH3 is 1. The monoisotopic (exact) mass is 471 g/mol. The fourth-order valence-electron chi connectivity index (χ4n) is 2.97. The molecule has 0 bridgehead atoms. The van der Waals surface area contributed by atoms with Gasteiger partial charge in [0.15, 0.2) is 12.4 Å². The molecule has 0 saturated heterocycles. The molecule has 1 amide bonds. The maximum absolute atomic E-state index is 13.0. The predicted octanol–water partition coefficient (Wildman–Crippen LogP) is 3.73. The second kappa shape index (κ2) is 10.0. The highest BCUT2D eigenvalue weighted by Gasteiger charge is 2.20. The van der Waals surface area contributed by atoms with Crippen molar-refractivity contribution in [2.24, 2.45) is 0 Å². The van der Waals surface area contributed by atoms with E-state index in [2.05, 4.69) is 10.0 Å². The van der Waals surface area contributed by atoms with Crippen LogP contribution in [-0.2, 0) is 14.8 Å². The Labute approximate surface area is 190 Å². The first kappa shape index (κ1) is 23.5. The number of rotatable bonds is 9. The number of ether oxygens (including phenoxy) is 2. The minimum atomic E-state index is -3.99. The van der Waals surface area contributed by atoms with Gasteiger partial charge in [0.25, 0.3) is 15.9 Å². The maximum atomic E-state index is 13.0. The lowest BCUT2D eigenvalue weighted by Gasteiger charge is -2.14. The summed E-state index contributed by atoms with van der Waals surface area (Å²) in [7, 11) is -2.56. The van der Waals surface area contributed by atoms with E-state index in [9.17, 15) is 23.3 Å². The highest BCUT2D eigenvalue weighted by atomic mass is 32.2. The second-order valence-corrected chi connectivity index (χ2v) is 8.50. The molecular formula is C22H21N3O7S. The Bertz CT molecular complexity index is 1290. The number of nitro benzene ring substituents is 1. The number of aryl methyl sites for hydroxylation is 1. The van der Waals surface area contributed by atoms with Crippen molar-refractivity contribution < 1.29 is 27.6 Å². The predicted molar refractivity (Wildman–Crippen MR) is 122 cm³/mol. The molecule has 0 aliphatic carbocycles. The Hall–Kier alpha value is -4.12. The standard InChI is InChI=1S/C22H21N3O7S/c1-15-11-12-16(23-22(26)14-32-20-10-6-4-8-18(20)25(27)28)13-21(15)33(29,30)24-17-7-3-5-9-19(17)31-2/h3-13,24H,14H2,1-2H3,(H,23,26). The van der Waals surface area contributed by atoms with Crippen molar-refractivity contribution in [1.29, 1.82) is 0 Å². The summed E-state index contributed by atoms with van der Waals surface area (Å²) in [5.41, 5.74) is 0.687. The smallest absolute Gasteiger partial charge is 0.310 e. The third kappa shape index (κ3) is 5.77. The van der Waals surface area contributed by atoms with E-state index in [-0.39, 0.29) is 27.7 Å². The molecule has 11 heteroatoms. The van der Waals surface area contributed by atoms with Crippen molar-refractivity contribution >= 4 is 33.0 Å². The minimum absolute atomic E-state index is 0.0363. The van der Waals surface area contributed by atoms with Gasteiger partial charge in [0.1, 0.15) is 5.75 Å². The van der Waals surface area contributed by atoms with Gasteiger partial charge in [-0.25, -0.2) is 8.42 Å². The summed E-state index contributed by atoms with van der Waals surface area (Å²) in [5, 5.41) is 13.6. The highest BCUT2D eigenvalue weighted by Crippen LogP contribution is 2.29. The molecule has 0 aromatic heterocycles. The average molecular weight is 471 g/mol. The first-order chi connectivity index (χ1) is 15.7. The Morgan fingerprint density at radius 1 is 1.03 bits per heavy atom. The molecule has 0 spiro atoms. The van der Waals surface area contributed by atoms with Gasteiger partial charge in [0.05, 0.1) is 22.6 Å². The number of para-hydroxylation sites is 4. The first-order valence-corrected chi connectivity index (χ1v) is 11.1. The summed E-state index contributed by atoms with van der Waals surface area (Å²) in [6.07, 6.45) is 0. The molecule has 3 aromatic rings. The van der Waals surface area contributed by atoms with E-state index in [1.54, 1.807) is 49.4 Å². The third-order valence-corrected chi connectivity index (χ3v) is 6.04. The van der Waals surface area contributed by atoms with Crippen LogP contribution in [0.2, 0.25) is 0 Å². The zero-order valence-electron chi connectivity index (χ0n) is 17.8. The number of carbonyl (C=O) groups excluding carboxylic acids is 1. The number of benzene rings is 3. The van der Waals surface area contributed by atoms with Crippen LogP contribution < -0.4 is 19.5 Å². The van der Waals surface area contributed by atoms with Crippen molar-refractivity contribution in [3.8, 4) is 11.5 Å². The van der Waals surface area contributed by atoms with Gasteiger partial charge in [0, 0.05) is 11.8 Å². The fourth-order valence-corrected chi connectivity index (χ4v) is 4.31. The topological polar surface area (TPSA) is 137 Å². The van der Waals surface area contributed by atoms with Crippen molar-refractivity contribution in [2.45, 2.75) is 11.8 Å². The number of nitro groups is 1. The summed E-state index contributed by atoms with van der Waals surface area (Å²) in [5.74, 6) is -0.306. The van der Waals surface area contributed by atoms with Gasteiger partial charge in [-0.05, 0) is 42.8 Å². The lowest BCUT2D eigenvalue weighted by Crippen LogP contribution is -2.21. The van der Waals surface area contributed by atoms with Crippen LogP contribution in [-0.4, -0.2) is 33.0 Å². The Morgan fingerprint density at radius 3 is 2.39 bits per heavy atom. The molecule has 0 radical (unpaired) electrons. The van der Waals surface area contributed by atoms with Crippen molar-refractivity contribution in [2.75, 3.05) is 23.8 Å². The summed E-state index contributed by atoms with van der Waals surface area (Å²) >= 11 is 0. The van der Waals surface area contributed by atoms with Crippen LogP contribution in [0.3, 0.4) is 0 Å². The second-order valence-electron chi connectivity index (χ2n) is 6.85. The van der Waals surface area contributed by atoms with Crippen LogP contribution >= 0.6 is 0 Å². The van der Waals surface area contributed by atoms with E-state index >= 15 is 0 Å². The molecule has 0 atom stereocenters. The Kier molecular flexibility index (Phi) is 7.13. The van der Waals surface area contributed by atoms with E-state index in [4.69, 9.17) is 9.47 Å². The third-order valence-electron chi connectivity index (χ3n) is 4.53. The summed E-state index contributed by atoms with van der Waals surface area (Å²) in [6.45, 7) is 1.13. The lowest BCUT2D eigenvalue weighted by atomic mass is 10.2. The van der Waals surface area contributed by atoms with E-state index in [0.29, 0.717) is 11.3 Å². The van der Waals surface area contributed by atoms with E-state index in [1.807, 2.05) is 0 Å². The summed E-state index contributed by atoms with van der Waals surface area (Å²) in [6, 6.07) is 16.7. The van der Waals surface area contributed by atoms with Crippen LogP contribution in [0.15, 0.2) is 71.6 Å². The molecule has 0 fully saturated rings. The van der Waals surface area contributed by atoms with Crippen LogP contribution in [0, 0.1) is 17.0 Å². The van der Waals surface area contributed by atoms with Gasteiger partial charge in [-0.1, -0.05) is 30.3 Å². The minimum Gasteiger partial charge on any atom is -0.495 e. The molecule has 0 aliphatic rings. The number of hydrogen-bond acceptors (Lipinski definition) is 7. The van der Waals surface area contributed by atoms with E-state index in [0.717, 1.165) is 0 Å². The van der Waals surface area contributed by atoms with Gasteiger partial charge in [-0.3, -0.25) is 19.6 Å². The van der Waals surface area contributed by atoms with Crippen LogP contribution in [0.5, 0.6) is 11.5 Å². The van der Waals surface area contributed by atoms with Crippen LogP contribution in [0.25, 0.3) is 0 Å². The maximum Gasteiger partial charge on any atom is 0.310 e. The molecule has 3 aromatic carbocycles. The average Bonchev–Trinajstić information content (AvgIpc) is 2.79. The van der Waals surface area contributed by atoms with Crippen LogP contribution in [0.4, 0.5) is 17.1 Å². The Balaban J connectivity index is 1.75. The SMILES string of the molecule is COc1ccccc1NS(=O)(=O)c1cc(NC(=O)COc2ccccc2[N+](=O)[O-])ccc1C. The largest absolute Gasteiger partial charge is 0.495 e. The van der Waals surface area contributed by atoms with Crippen molar-refractivity contribution in [1.82, 2.24) is 0 Å². The number of amides is 1. The number of nitrogens with one attached hydrogen (secondary N) is 2. The normalized spacial score (nSPS) is 10.8. The molecule has 0 aliphatic heterocycles. The van der Waals surface area contributed by atoms with E-state index in [1.165, 1.54) is 31.4 Å². The van der Waals surface area contributed by atoms with Gasteiger partial charge >= 0.3 is 5.69 Å². The van der Waals surface area contributed by atoms with E-state index < -0.39 is 27.5 Å². The Morgan fingerprint density at radius 2 is 1.70 bits per heavy atom. The first-order valence-electron chi connectivity index (χ1n) is 9.64. The van der Waals surface area contributed by atoms with Crippen LogP contribution in [0.1, 0.15) is 5.56 Å². The van der Waals surface area contributed by atoms with Crippen molar-refractivity contribution in [3.63, 3.8) is 0 Å². The molecule has 10 nitrogen and oxygen atoms in total. The summed E-state index contributed by atoms with van der Waals surface area (Å²) < 4.78 is 38.9. The molecule has 172 valence electrons. The molecule has 3 rings (SSSR count). The lowest BCUT2D eigenvalue weighted by molar-refractivity contribution is -0.385. The molecule has 0 saturated carbocycles. The number of sulfonamides is 1. The quantitative estimate of drug-likeness (QED) is 0.358. The molecular weight excluding hydrogens is 450 g/mol. The zero-order valence-corrected chi connectivity index (χ0v) is 18.6. The molecule has 0 heterocycles. The molecule has 33 heavy (non-hydrogen) atoms. The highest BCUT2D eigenvalue weighted by molar-refractivity contribution is 7.92. The van der Waals surface area contributed by atoms with Gasteiger partial charge < -0.3 is 14.8 Å².